The topological polar surface area (TPSA) is 46.2 Å². The summed E-state index contributed by atoms with van der Waals surface area (Å²) in [4.78, 5) is 0. The van der Waals surface area contributed by atoms with Gasteiger partial charge in [0.25, 0.3) is 0 Å². The molecule has 0 atom stereocenters. The normalized spacial score (nSPS) is 12.0. The van der Waals surface area contributed by atoms with Crippen molar-refractivity contribution in [2.24, 2.45) is 0 Å². The summed E-state index contributed by atoms with van der Waals surface area (Å²) in [5.74, 6) is -1.10. The van der Waals surface area contributed by atoms with Gasteiger partial charge in [-0.15, -0.1) is 0 Å². The predicted octanol–water partition coefficient (Wildman–Crippen LogP) is 2.58. The van der Waals surface area contributed by atoms with E-state index in [9.17, 15) is 0 Å². The van der Waals surface area contributed by atoms with Crippen LogP contribution in [0, 0.1) is 0 Å². The van der Waals surface area contributed by atoms with Crippen molar-refractivity contribution in [3.8, 4) is 0 Å². The van der Waals surface area contributed by atoms with Crippen molar-refractivity contribution in [3.63, 3.8) is 0 Å². The molecule has 0 unspecified atom stereocenters. The van der Waals surface area contributed by atoms with E-state index in [0.717, 1.165) is 19.4 Å². The summed E-state index contributed by atoms with van der Waals surface area (Å²) >= 11 is 0. The molecule has 0 radical (unpaired) electrons. The van der Waals surface area contributed by atoms with Gasteiger partial charge in [0.15, 0.2) is 0 Å². The van der Waals surface area contributed by atoms with Crippen LogP contribution in [0.4, 0.5) is 0 Å². The van der Waals surface area contributed by atoms with Gasteiger partial charge in [0.2, 0.25) is 0 Å². The fraction of sp³-hybridized carbons (Fsp3) is 1.00. The Kier molecular flexibility index (Phi) is 12.7. The van der Waals surface area contributed by atoms with Crippen molar-refractivity contribution in [2.75, 3.05) is 46.2 Å². The highest BCUT2D eigenvalue weighted by atomic mass is 16.9. The maximum atomic E-state index is 5.70. The summed E-state index contributed by atoms with van der Waals surface area (Å²) < 4.78 is 27.7. The number of unbranched alkanes of at least 4 members (excludes halogenated alkanes) is 1. The van der Waals surface area contributed by atoms with Gasteiger partial charge in [-0.05, 0) is 27.2 Å². The van der Waals surface area contributed by atoms with E-state index in [1.54, 1.807) is 0 Å². The van der Waals surface area contributed by atoms with Gasteiger partial charge in [-0.1, -0.05) is 13.3 Å². The molecular weight excluding hydrogens is 248 g/mol. The van der Waals surface area contributed by atoms with Crippen LogP contribution in [0.15, 0.2) is 0 Å². The molecule has 0 rings (SSSR count). The zero-order valence-electron chi connectivity index (χ0n) is 12.9. The summed E-state index contributed by atoms with van der Waals surface area (Å²) in [6, 6.07) is 0. The highest BCUT2D eigenvalue weighted by molar-refractivity contribution is 4.56. The van der Waals surface area contributed by atoms with Crippen LogP contribution in [0.25, 0.3) is 0 Å². The van der Waals surface area contributed by atoms with Crippen LogP contribution >= 0.6 is 0 Å². The van der Waals surface area contributed by atoms with Crippen LogP contribution in [0.5, 0.6) is 0 Å². The lowest BCUT2D eigenvalue weighted by atomic mass is 10.4. The Labute approximate surface area is 117 Å². The minimum atomic E-state index is -1.10. The van der Waals surface area contributed by atoms with E-state index in [1.165, 1.54) is 0 Å². The summed E-state index contributed by atoms with van der Waals surface area (Å²) in [6.45, 7) is 11.5. The molecule has 0 aliphatic heterocycles. The molecule has 116 valence electrons. The monoisotopic (exact) mass is 278 g/mol. The van der Waals surface area contributed by atoms with Crippen molar-refractivity contribution >= 4 is 0 Å². The lowest BCUT2D eigenvalue weighted by molar-refractivity contribution is -0.393. The molecule has 0 aliphatic carbocycles. The van der Waals surface area contributed by atoms with Crippen molar-refractivity contribution < 1.29 is 23.7 Å². The van der Waals surface area contributed by atoms with Crippen molar-refractivity contribution in [2.45, 2.75) is 46.5 Å². The maximum Gasteiger partial charge on any atom is 0.307 e. The van der Waals surface area contributed by atoms with E-state index in [1.807, 2.05) is 20.8 Å². The Morgan fingerprint density at radius 1 is 0.684 bits per heavy atom. The zero-order chi connectivity index (χ0) is 14.4. The molecule has 0 fully saturated rings. The van der Waals surface area contributed by atoms with E-state index in [2.05, 4.69) is 6.92 Å². The minimum Gasteiger partial charge on any atom is -0.379 e. The molecule has 19 heavy (non-hydrogen) atoms. The number of hydrogen-bond acceptors (Lipinski definition) is 5. The SMILES string of the molecule is CCCCOCCOC(COCC)(OCC)OCC. The molecule has 0 bridgehead atoms. The maximum absolute atomic E-state index is 5.70. The fourth-order valence-electron chi connectivity index (χ4n) is 1.52. The van der Waals surface area contributed by atoms with Gasteiger partial charge in [-0.3, -0.25) is 0 Å². The molecule has 0 aliphatic rings. The van der Waals surface area contributed by atoms with Crippen LogP contribution < -0.4 is 0 Å². The summed E-state index contributed by atoms with van der Waals surface area (Å²) in [5.41, 5.74) is 0. The van der Waals surface area contributed by atoms with Gasteiger partial charge >= 0.3 is 5.97 Å². The Hall–Kier alpha value is -0.200. The average molecular weight is 278 g/mol. The van der Waals surface area contributed by atoms with Gasteiger partial charge in [-0.25, -0.2) is 0 Å². The second kappa shape index (κ2) is 12.8. The number of ether oxygens (including phenoxy) is 5. The number of rotatable bonds is 14. The van der Waals surface area contributed by atoms with Gasteiger partial charge in [0.1, 0.15) is 6.61 Å². The first kappa shape index (κ1) is 18.8. The Morgan fingerprint density at radius 3 is 1.89 bits per heavy atom. The molecular formula is C14H30O5. The van der Waals surface area contributed by atoms with E-state index in [0.29, 0.717) is 33.0 Å². The molecule has 0 saturated carbocycles. The Balaban J connectivity index is 4.06. The van der Waals surface area contributed by atoms with Gasteiger partial charge in [0, 0.05) is 26.4 Å². The van der Waals surface area contributed by atoms with Gasteiger partial charge in [0.05, 0.1) is 13.2 Å². The van der Waals surface area contributed by atoms with E-state index >= 15 is 0 Å². The molecule has 0 aromatic rings. The number of hydrogen-bond donors (Lipinski definition) is 0. The van der Waals surface area contributed by atoms with E-state index < -0.39 is 5.97 Å². The average Bonchev–Trinajstić information content (AvgIpc) is 2.41. The quantitative estimate of drug-likeness (QED) is 0.361. The predicted molar refractivity (Wildman–Crippen MR) is 74.2 cm³/mol. The zero-order valence-corrected chi connectivity index (χ0v) is 12.9. The first-order valence-corrected chi connectivity index (χ1v) is 7.32. The molecule has 0 saturated heterocycles. The lowest BCUT2D eigenvalue weighted by Gasteiger charge is -2.32. The molecule has 0 heterocycles. The smallest absolute Gasteiger partial charge is 0.307 e. The standard InChI is InChI=1S/C14H30O5/c1-5-9-10-16-11-12-19-14(17-7-3,18-8-4)13-15-6-2/h5-13H2,1-4H3. The van der Waals surface area contributed by atoms with Gasteiger partial charge < -0.3 is 23.7 Å². The highest BCUT2D eigenvalue weighted by Crippen LogP contribution is 2.16. The molecule has 0 aromatic carbocycles. The summed E-state index contributed by atoms with van der Waals surface area (Å²) in [7, 11) is 0. The van der Waals surface area contributed by atoms with Crippen LogP contribution in [0.1, 0.15) is 40.5 Å². The van der Waals surface area contributed by atoms with Crippen LogP contribution in [-0.4, -0.2) is 52.2 Å². The minimum absolute atomic E-state index is 0.264. The second-order valence-corrected chi connectivity index (χ2v) is 4.00. The van der Waals surface area contributed by atoms with Crippen LogP contribution in [0.2, 0.25) is 0 Å². The van der Waals surface area contributed by atoms with Crippen molar-refractivity contribution in [3.05, 3.63) is 0 Å². The van der Waals surface area contributed by atoms with E-state index in [-0.39, 0.29) is 6.61 Å². The summed E-state index contributed by atoms with van der Waals surface area (Å²) in [6.07, 6.45) is 2.20. The van der Waals surface area contributed by atoms with Crippen molar-refractivity contribution in [1.29, 1.82) is 0 Å². The third kappa shape index (κ3) is 9.35. The first-order chi connectivity index (χ1) is 9.24. The molecule has 5 heteroatoms. The largest absolute Gasteiger partial charge is 0.379 e. The first-order valence-electron chi connectivity index (χ1n) is 7.32. The van der Waals surface area contributed by atoms with Crippen LogP contribution in [0.3, 0.4) is 0 Å². The highest BCUT2D eigenvalue weighted by Gasteiger charge is 2.33. The third-order valence-corrected chi connectivity index (χ3v) is 2.40. The lowest BCUT2D eigenvalue weighted by Crippen LogP contribution is -2.44. The summed E-state index contributed by atoms with van der Waals surface area (Å²) in [5, 5.41) is 0. The molecule has 5 nitrogen and oxygen atoms in total. The Morgan fingerprint density at radius 2 is 1.37 bits per heavy atom. The van der Waals surface area contributed by atoms with Crippen LogP contribution in [-0.2, 0) is 23.7 Å². The second-order valence-electron chi connectivity index (χ2n) is 4.00. The van der Waals surface area contributed by atoms with Gasteiger partial charge in [-0.2, -0.15) is 0 Å². The van der Waals surface area contributed by atoms with Crippen molar-refractivity contribution in [1.82, 2.24) is 0 Å². The fourth-order valence-corrected chi connectivity index (χ4v) is 1.52. The molecule has 0 aromatic heterocycles. The third-order valence-electron chi connectivity index (χ3n) is 2.40. The Bertz CT molecular complexity index is 181. The molecule has 0 N–H and O–H groups in total. The molecule has 0 spiro atoms. The molecule has 0 amide bonds. The van der Waals surface area contributed by atoms with E-state index in [4.69, 9.17) is 23.7 Å².